The maximum atomic E-state index is 10.4. The molecule has 28 heavy (non-hydrogen) atoms. The minimum atomic E-state index is -0.465. The number of hydrogen-bond donors (Lipinski definition) is 1. The van der Waals surface area contributed by atoms with E-state index < -0.39 is 6.10 Å². The lowest BCUT2D eigenvalue weighted by atomic mass is 9.90. The van der Waals surface area contributed by atoms with Crippen LogP contribution in [0.4, 0.5) is 0 Å². The molecule has 0 saturated carbocycles. The molecule has 0 spiro atoms. The van der Waals surface area contributed by atoms with E-state index in [2.05, 4.69) is 41.8 Å². The van der Waals surface area contributed by atoms with Gasteiger partial charge in [0.25, 0.3) is 0 Å². The molecule has 1 heterocycles. The monoisotopic (exact) mass is 401 g/mol. The van der Waals surface area contributed by atoms with Crippen LogP contribution in [-0.2, 0) is 12.8 Å². The van der Waals surface area contributed by atoms with Crippen LogP contribution in [0.1, 0.15) is 24.0 Å². The quantitative estimate of drug-likeness (QED) is 0.626. The van der Waals surface area contributed by atoms with Crippen LogP contribution >= 0.6 is 12.4 Å². The van der Waals surface area contributed by atoms with Crippen LogP contribution in [0, 0.1) is 5.92 Å². The van der Waals surface area contributed by atoms with E-state index in [0.717, 1.165) is 36.7 Å². The van der Waals surface area contributed by atoms with Crippen LogP contribution in [0.5, 0.6) is 5.75 Å². The molecule has 0 bridgehead atoms. The van der Waals surface area contributed by atoms with E-state index in [9.17, 15) is 5.11 Å². The minimum absolute atomic E-state index is 0. The predicted molar refractivity (Wildman–Crippen MR) is 118 cm³/mol. The summed E-state index contributed by atoms with van der Waals surface area (Å²) in [5, 5.41) is 10.4. The number of likely N-dealkylation sites (tertiary alicyclic amines) is 1. The summed E-state index contributed by atoms with van der Waals surface area (Å²) in [6.07, 6.45) is 5.75. The SMILES string of the molecule is C=CCc1ccccc1OCC(O)CN1CCC(Cc2ccccc2)CC1.Cl. The summed E-state index contributed by atoms with van der Waals surface area (Å²) in [6, 6.07) is 18.7. The van der Waals surface area contributed by atoms with Gasteiger partial charge in [0.05, 0.1) is 0 Å². The molecule has 1 aliphatic rings. The van der Waals surface area contributed by atoms with Crippen molar-refractivity contribution >= 4 is 12.4 Å². The first-order valence-corrected chi connectivity index (χ1v) is 10.0. The first kappa shape index (κ1) is 22.5. The number of allylic oxidation sites excluding steroid dienone is 1. The molecule has 4 heteroatoms. The van der Waals surface area contributed by atoms with Crippen molar-refractivity contribution in [2.45, 2.75) is 31.8 Å². The smallest absolute Gasteiger partial charge is 0.122 e. The highest BCUT2D eigenvalue weighted by atomic mass is 35.5. The van der Waals surface area contributed by atoms with Crippen LogP contribution in [0.25, 0.3) is 0 Å². The van der Waals surface area contributed by atoms with Gasteiger partial charge in [-0.2, -0.15) is 0 Å². The van der Waals surface area contributed by atoms with E-state index in [-0.39, 0.29) is 12.4 Å². The fourth-order valence-electron chi connectivity index (χ4n) is 3.83. The molecule has 1 saturated heterocycles. The van der Waals surface area contributed by atoms with Gasteiger partial charge in [0.1, 0.15) is 18.5 Å². The van der Waals surface area contributed by atoms with Crippen LogP contribution in [0.3, 0.4) is 0 Å². The zero-order valence-electron chi connectivity index (χ0n) is 16.5. The molecule has 2 aromatic carbocycles. The maximum absolute atomic E-state index is 10.4. The summed E-state index contributed by atoms with van der Waals surface area (Å²) in [4.78, 5) is 2.37. The summed E-state index contributed by atoms with van der Waals surface area (Å²) >= 11 is 0. The number of piperidine rings is 1. The Morgan fingerprint density at radius 3 is 2.46 bits per heavy atom. The van der Waals surface area contributed by atoms with Crippen molar-refractivity contribution in [2.24, 2.45) is 5.92 Å². The topological polar surface area (TPSA) is 32.7 Å². The molecule has 152 valence electrons. The molecule has 0 aliphatic carbocycles. The van der Waals surface area contributed by atoms with Gasteiger partial charge in [-0.1, -0.05) is 54.6 Å². The van der Waals surface area contributed by atoms with E-state index in [4.69, 9.17) is 4.74 Å². The van der Waals surface area contributed by atoms with Crippen LogP contribution in [0.2, 0.25) is 0 Å². The third kappa shape index (κ3) is 6.97. The third-order valence-electron chi connectivity index (χ3n) is 5.31. The first-order valence-electron chi connectivity index (χ1n) is 10.0. The second-order valence-electron chi connectivity index (χ2n) is 7.50. The van der Waals surface area contributed by atoms with Gasteiger partial charge < -0.3 is 14.7 Å². The second kappa shape index (κ2) is 11.9. The number of β-amino-alcohol motifs (C(OH)–C–C–N with tert-alkyl or cyclic N) is 1. The molecule has 0 aromatic heterocycles. The number of aliphatic hydroxyl groups excluding tert-OH is 1. The molecular weight excluding hydrogens is 370 g/mol. The number of nitrogens with zero attached hydrogens (tertiary/aromatic N) is 1. The van der Waals surface area contributed by atoms with Gasteiger partial charge in [-0.25, -0.2) is 0 Å². The van der Waals surface area contributed by atoms with Crippen molar-refractivity contribution < 1.29 is 9.84 Å². The fraction of sp³-hybridized carbons (Fsp3) is 0.417. The Hall–Kier alpha value is -1.81. The largest absolute Gasteiger partial charge is 0.491 e. The summed E-state index contributed by atoms with van der Waals surface area (Å²) in [7, 11) is 0. The molecule has 3 rings (SSSR count). The number of hydrogen-bond acceptors (Lipinski definition) is 3. The highest BCUT2D eigenvalue weighted by Gasteiger charge is 2.21. The van der Waals surface area contributed by atoms with Gasteiger partial charge in [-0.05, 0) is 61.9 Å². The molecule has 1 atom stereocenters. The normalized spacial score (nSPS) is 16.2. The lowest BCUT2D eigenvalue weighted by molar-refractivity contribution is 0.0548. The van der Waals surface area contributed by atoms with Gasteiger partial charge in [-0.15, -0.1) is 19.0 Å². The number of benzene rings is 2. The summed E-state index contributed by atoms with van der Waals surface area (Å²) < 4.78 is 5.87. The van der Waals surface area contributed by atoms with Gasteiger partial charge >= 0.3 is 0 Å². The number of ether oxygens (including phenoxy) is 1. The zero-order chi connectivity index (χ0) is 18.9. The molecule has 2 aromatic rings. The summed E-state index contributed by atoms with van der Waals surface area (Å²) in [5.41, 5.74) is 2.55. The van der Waals surface area contributed by atoms with E-state index >= 15 is 0 Å². The van der Waals surface area contributed by atoms with E-state index in [1.165, 1.54) is 24.8 Å². The van der Waals surface area contributed by atoms with Gasteiger partial charge in [0, 0.05) is 6.54 Å². The molecule has 3 nitrogen and oxygen atoms in total. The van der Waals surface area contributed by atoms with E-state index in [1.54, 1.807) is 0 Å². The van der Waals surface area contributed by atoms with Gasteiger partial charge in [0.2, 0.25) is 0 Å². The average molecular weight is 402 g/mol. The Morgan fingerprint density at radius 1 is 1.07 bits per heavy atom. The second-order valence-corrected chi connectivity index (χ2v) is 7.50. The standard InChI is InChI=1S/C24H31NO2.ClH/c1-2-8-22-11-6-7-12-24(22)27-19-23(26)18-25-15-13-21(14-16-25)17-20-9-4-3-5-10-20;/h2-7,9-12,21,23,26H,1,8,13-19H2;1H. The molecule has 1 unspecified atom stereocenters. The maximum Gasteiger partial charge on any atom is 0.122 e. The van der Waals surface area contributed by atoms with E-state index in [0.29, 0.717) is 13.2 Å². The molecule has 0 radical (unpaired) electrons. The Bertz CT molecular complexity index is 699. The molecule has 1 aliphatic heterocycles. The van der Waals surface area contributed by atoms with Crippen LogP contribution in [-0.4, -0.2) is 42.4 Å². The highest BCUT2D eigenvalue weighted by molar-refractivity contribution is 5.85. The Labute approximate surface area is 175 Å². The van der Waals surface area contributed by atoms with Crippen LogP contribution < -0.4 is 4.74 Å². The van der Waals surface area contributed by atoms with Crippen molar-refractivity contribution in [3.8, 4) is 5.75 Å². The molecular formula is C24H32ClNO2. The lowest BCUT2D eigenvalue weighted by Crippen LogP contribution is -2.41. The zero-order valence-corrected chi connectivity index (χ0v) is 17.3. The summed E-state index contributed by atoms with van der Waals surface area (Å²) in [5.74, 6) is 1.60. The minimum Gasteiger partial charge on any atom is -0.491 e. The van der Waals surface area contributed by atoms with Crippen LogP contribution in [0.15, 0.2) is 67.3 Å². The third-order valence-corrected chi connectivity index (χ3v) is 5.31. The van der Waals surface area contributed by atoms with Crippen molar-refractivity contribution in [2.75, 3.05) is 26.2 Å². The van der Waals surface area contributed by atoms with Crippen molar-refractivity contribution in [3.05, 3.63) is 78.4 Å². The number of aliphatic hydroxyl groups is 1. The molecule has 1 fully saturated rings. The highest BCUT2D eigenvalue weighted by Crippen LogP contribution is 2.22. The predicted octanol–water partition coefficient (Wildman–Crippen LogP) is 4.53. The Balaban J connectivity index is 0.00000280. The molecule has 1 N–H and O–H groups in total. The van der Waals surface area contributed by atoms with Crippen molar-refractivity contribution in [1.29, 1.82) is 0 Å². The van der Waals surface area contributed by atoms with Crippen molar-refractivity contribution in [3.63, 3.8) is 0 Å². The summed E-state index contributed by atoms with van der Waals surface area (Å²) in [6.45, 7) is 6.92. The first-order chi connectivity index (χ1) is 13.2. The molecule has 0 amide bonds. The van der Waals surface area contributed by atoms with Gasteiger partial charge in [0.15, 0.2) is 0 Å². The fourth-order valence-corrected chi connectivity index (χ4v) is 3.83. The Kier molecular flexibility index (Phi) is 9.56. The van der Waals surface area contributed by atoms with Crippen molar-refractivity contribution in [1.82, 2.24) is 4.90 Å². The average Bonchev–Trinajstić information content (AvgIpc) is 2.70. The van der Waals surface area contributed by atoms with Gasteiger partial charge in [-0.3, -0.25) is 0 Å². The Morgan fingerprint density at radius 2 is 1.75 bits per heavy atom. The van der Waals surface area contributed by atoms with E-state index in [1.807, 2.05) is 30.3 Å². The number of halogens is 1. The lowest BCUT2D eigenvalue weighted by Gasteiger charge is -2.33. The number of para-hydroxylation sites is 1. The number of rotatable bonds is 9.